The third-order valence-corrected chi connectivity index (χ3v) is 3.24. The van der Waals surface area contributed by atoms with E-state index in [4.69, 9.17) is 4.74 Å². The Morgan fingerprint density at radius 2 is 2.33 bits per heavy atom. The molecule has 1 aliphatic rings. The molecule has 0 bridgehead atoms. The van der Waals surface area contributed by atoms with E-state index in [1.54, 1.807) is 0 Å². The quantitative estimate of drug-likeness (QED) is 0.812. The first-order valence-corrected chi connectivity index (χ1v) is 5.92. The van der Waals surface area contributed by atoms with Gasteiger partial charge in [-0.3, -0.25) is 9.69 Å². The molecule has 1 aromatic rings. The number of ether oxygens (including phenoxy) is 1. The van der Waals surface area contributed by atoms with E-state index in [9.17, 15) is 9.18 Å². The highest BCUT2D eigenvalue weighted by Crippen LogP contribution is 2.22. The number of Topliss-reactive ketones (excluding diaryl/α,β-unsaturated/α-hetero) is 1. The Morgan fingerprint density at radius 3 is 3.00 bits per heavy atom. The van der Waals surface area contributed by atoms with E-state index < -0.39 is 5.82 Å². The second kappa shape index (κ2) is 5.46. The second-order valence-electron chi connectivity index (χ2n) is 4.41. The lowest BCUT2D eigenvalue weighted by atomic mass is 10.0. The van der Waals surface area contributed by atoms with Gasteiger partial charge in [-0.25, -0.2) is 4.39 Å². The van der Waals surface area contributed by atoms with E-state index in [2.05, 4.69) is 5.32 Å². The molecule has 0 saturated carbocycles. The van der Waals surface area contributed by atoms with Crippen LogP contribution in [0.5, 0.6) is 5.75 Å². The van der Waals surface area contributed by atoms with Crippen molar-refractivity contribution < 1.29 is 13.9 Å². The summed E-state index contributed by atoms with van der Waals surface area (Å²) in [7, 11) is 3.38. The van der Waals surface area contributed by atoms with Gasteiger partial charge in [-0.2, -0.15) is 0 Å². The minimum atomic E-state index is -0.425. The smallest absolute Gasteiger partial charge is 0.185 e. The fraction of sp³-hybridized carbons (Fsp3) is 0.462. The van der Waals surface area contributed by atoms with Gasteiger partial charge in [-0.05, 0) is 25.2 Å². The topological polar surface area (TPSA) is 41.6 Å². The molecule has 1 aromatic carbocycles. The number of benzene rings is 1. The van der Waals surface area contributed by atoms with Crippen molar-refractivity contribution in [2.24, 2.45) is 0 Å². The molecule has 2 rings (SSSR count). The van der Waals surface area contributed by atoms with Crippen LogP contribution in [-0.4, -0.2) is 50.5 Å². The Morgan fingerprint density at radius 1 is 1.56 bits per heavy atom. The average molecular weight is 252 g/mol. The summed E-state index contributed by atoms with van der Waals surface area (Å²) in [5, 5.41) is 3.17. The summed E-state index contributed by atoms with van der Waals surface area (Å²) in [6, 6.07) is 3.75. The summed E-state index contributed by atoms with van der Waals surface area (Å²) in [5.74, 6) is -0.119. The zero-order valence-corrected chi connectivity index (χ0v) is 10.6. The zero-order chi connectivity index (χ0) is 13.1. The minimum Gasteiger partial charge on any atom is -0.496 e. The number of ketones is 1. The molecule has 1 N–H and O–H groups in total. The van der Waals surface area contributed by atoms with Crippen LogP contribution in [0.2, 0.25) is 0 Å². The van der Waals surface area contributed by atoms with Gasteiger partial charge in [-0.1, -0.05) is 0 Å². The van der Waals surface area contributed by atoms with Crippen molar-refractivity contribution in [3.8, 4) is 5.75 Å². The molecule has 5 heteroatoms. The summed E-state index contributed by atoms with van der Waals surface area (Å²) in [6.45, 7) is 2.24. The molecule has 0 aromatic heterocycles. The molecule has 0 amide bonds. The zero-order valence-electron chi connectivity index (χ0n) is 10.6. The fourth-order valence-electron chi connectivity index (χ4n) is 2.15. The molecule has 1 unspecified atom stereocenters. The largest absolute Gasteiger partial charge is 0.496 e. The van der Waals surface area contributed by atoms with Gasteiger partial charge in [0.1, 0.15) is 11.6 Å². The van der Waals surface area contributed by atoms with Crippen molar-refractivity contribution in [2.45, 2.75) is 6.04 Å². The lowest BCUT2D eigenvalue weighted by Gasteiger charge is -2.32. The van der Waals surface area contributed by atoms with Crippen LogP contribution in [0.1, 0.15) is 10.4 Å². The number of carbonyl (C=O) groups excluding carboxylic acids is 1. The monoisotopic (exact) mass is 252 g/mol. The van der Waals surface area contributed by atoms with Crippen LogP contribution in [0.15, 0.2) is 18.2 Å². The van der Waals surface area contributed by atoms with Crippen molar-refractivity contribution >= 4 is 5.78 Å². The number of hydrogen-bond donors (Lipinski definition) is 1. The third kappa shape index (κ3) is 2.52. The molecule has 0 spiro atoms. The SMILES string of the molecule is COc1ccc(F)cc1C(=O)C1CNCCN1C. The Kier molecular flexibility index (Phi) is 3.93. The van der Waals surface area contributed by atoms with Gasteiger partial charge in [0.15, 0.2) is 5.78 Å². The van der Waals surface area contributed by atoms with Gasteiger partial charge in [0, 0.05) is 19.6 Å². The number of carbonyl (C=O) groups is 1. The molecule has 0 aliphatic carbocycles. The highest BCUT2D eigenvalue weighted by molar-refractivity contribution is 6.02. The standard InChI is InChI=1S/C13H17FN2O2/c1-16-6-5-15-8-11(16)13(17)10-7-9(14)3-4-12(10)18-2/h3-4,7,11,15H,5-6,8H2,1-2H3. The predicted molar refractivity (Wildman–Crippen MR) is 66.6 cm³/mol. The molecule has 1 heterocycles. The number of halogens is 1. The van der Waals surface area contributed by atoms with Crippen molar-refractivity contribution in [3.63, 3.8) is 0 Å². The highest BCUT2D eigenvalue weighted by atomic mass is 19.1. The van der Waals surface area contributed by atoms with Gasteiger partial charge in [-0.15, -0.1) is 0 Å². The molecular weight excluding hydrogens is 235 g/mol. The van der Waals surface area contributed by atoms with Crippen LogP contribution in [0.3, 0.4) is 0 Å². The van der Waals surface area contributed by atoms with Gasteiger partial charge in [0.05, 0.1) is 18.7 Å². The number of nitrogens with zero attached hydrogens (tertiary/aromatic N) is 1. The normalized spacial score (nSPS) is 20.7. The molecule has 0 radical (unpaired) electrons. The van der Waals surface area contributed by atoms with Crippen LogP contribution in [0.25, 0.3) is 0 Å². The maximum atomic E-state index is 13.3. The van der Waals surface area contributed by atoms with E-state index in [0.717, 1.165) is 13.1 Å². The van der Waals surface area contributed by atoms with Crippen LogP contribution in [0, 0.1) is 5.82 Å². The van der Waals surface area contributed by atoms with Crippen molar-refractivity contribution in [1.82, 2.24) is 10.2 Å². The van der Waals surface area contributed by atoms with Crippen LogP contribution in [0.4, 0.5) is 4.39 Å². The first-order chi connectivity index (χ1) is 8.63. The maximum Gasteiger partial charge on any atom is 0.185 e. The average Bonchev–Trinajstić information content (AvgIpc) is 2.38. The van der Waals surface area contributed by atoms with Crippen molar-refractivity contribution in [2.75, 3.05) is 33.8 Å². The Labute approximate surface area is 106 Å². The second-order valence-corrected chi connectivity index (χ2v) is 4.41. The molecular formula is C13H17FN2O2. The fourth-order valence-corrected chi connectivity index (χ4v) is 2.15. The number of likely N-dealkylation sites (N-methyl/N-ethyl adjacent to an activating group) is 1. The van der Waals surface area contributed by atoms with Gasteiger partial charge >= 0.3 is 0 Å². The Balaban J connectivity index is 2.29. The molecule has 1 saturated heterocycles. The lowest BCUT2D eigenvalue weighted by Crippen LogP contribution is -2.53. The molecule has 1 aliphatic heterocycles. The van der Waals surface area contributed by atoms with Gasteiger partial charge < -0.3 is 10.1 Å². The molecule has 18 heavy (non-hydrogen) atoms. The maximum absolute atomic E-state index is 13.3. The van der Waals surface area contributed by atoms with Crippen molar-refractivity contribution in [1.29, 1.82) is 0 Å². The summed E-state index contributed by atoms with van der Waals surface area (Å²) in [5.41, 5.74) is 0.304. The van der Waals surface area contributed by atoms with E-state index in [-0.39, 0.29) is 11.8 Å². The lowest BCUT2D eigenvalue weighted by molar-refractivity contribution is 0.0816. The Bertz CT molecular complexity index is 451. The number of rotatable bonds is 3. The molecule has 4 nitrogen and oxygen atoms in total. The van der Waals surface area contributed by atoms with E-state index in [1.807, 2.05) is 11.9 Å². The van der Waals surface area contributed by atoms with Crippen molar-refractivity contribution in [3.05, 3.63) is 29.6 Å². The molecule has 1 fully saturated rings. The molecule has 1 atom stereocenters. The summed E-state index contributed by atoms with van der Waals surface area (Å²) in [4.78, 5) is 14.4. The number of methoxy groups -OCH3 is 1. The first-order valence-electron chi connectivity index (χ1n) is 5.92. The van der Waals surface area contributed by atoms with Gasteiger partial charge in [0.2, 0.25) is 0 Å². The van der Waals surface area contributed by atoms with Crippen LogP contribution >= 0.6 is 0 Å². The van der Waals surface area contributed by atoms with E-state index in [0.29, 0.717) is 17.9 Å². The molecule has 98 valence electrons. The van der Waals surface area contributed by atoms with Crippen LogP contribution < -0.4 is 10.1 Å². The van der Waals surface area contributed by atoms with Gasteiger partial charge in [0.25, 0.3) is 0 Å². The number of nitrogens with one attached hydrogen (secondary N) is 1. The first kappa shape index (κ1) is 13.0. The van der Waals surface area contributed by atoms with E-state index in [1.165, 1.54) is 25.3 Å². The summed E-state index contributed by atoms with van der Waals surface area (Å²) >= 11 is 0. The predicted octanol–water partition coefficient (Wildman–Crippen LogP) is 0.921. The number of hydrogen-bond acceptors (Lipinski definition) is 4. The highest BCUT2D eigenvalue weighted by Gasteiger charge is 2.28. The van der Waals surface area contributed by atoms with Crippen LogP contribution in [-0.2, 0) is 0 Å². The minimum absolute atomic E-state index is 0.110. The summed E-state index contributed by atoms with van der Waals surface area (Å²) < 4.78 is 18.4. The third-order valence-electron chi connectivity index (χ3n) is 3.24. The van der Waals surface area contributed by atoms with E-state index >= 15 is 0 Å². The Hall–Kier alpha value is -1.46. The summed E-state index contributed by atoms with van der Waals surface area (Å²) in [6.07, 6.45) is 0. The number of piperazine rings is 1.